The molecule has 1 rings (SSSR count). The fraction of sp³-hybridized carbons (Fsp3) is 0.875. The lowest BCUT2D eigenvalue weighted by molar-refractivity contribution is -0.138. The first-order valence-corrected chi connectivity index (χ1v) is 8.09. The third-order valence-electron chi connectivity index (χ3n) is 4.25. The van der Waals surface area contributed by atoms with Gasteiger partial charge >= 0.3 is 5.97 Å². The monoisotopic (exact) mass is 298 g/mol. The molecule has 0 saturated carbocycles. The molecule has 1 saturated heterocycles. The molecule has 0 aromatic rings. The molecule has 2 unspecified atom stereocenters. The number of likely N-dealkylation sites (tertiary alicyclic amines) is 1. The highest BCUT2D eigenvalue weighted by Crippen LogP contribution is 2.25. The van der Waals surface area contributed by atoms with Crippen molar-refractivity contribution in [1.82, 2.24) is 10.2 Å². The molecular weight excluding hydrogens is 268 g/mol. The maximum atomic E-state index is 11.9. The average Bonchev–Trinajstić information content (AvgIpc) is 2.37. The normalized spacial score (nSPS) is 21.2. The van der Waals surface area contributed by atoms with Gasteiger partial charge in [0.1, 0.15) is 0 Å². The van der Waals surface area contributed by atoms with Crippen molar-refractivity contribution in [2.24, 2.45) is 17.8 Å². The highest BCUT2D eigenvalue weighted by atomic mass is 16.4. The molecule has 1 aliphatic heterocycles. The summed E-state index contributed by atoms with van der Waals surface area (Å²) in [5.41, 5.74) is 0. The Balaban J connectivity index is 2.32. The van der Waals surface area contributed by atoms with Gasteiger partial charge < -0.3 is 10.4 Å². The minimum Gasteiger partial charge on any atom is -0.481 e. The second-order valence-electron chi connectivity index (χ2n) is 6.75. The van der Waals surface area contributed by atoms with Crippen LogP contribution >= 0.6 is 0 Å². The highest BCUT2D eigenvalue weighted by molar-refractivity contribution is 5.78. The maximum Gasteiger partial charge on any atom is 0.303 e. The Hall–Kier alpha value is -1.10. The molecule has 0 aliphatic carbocycles. The number of carbonyl (C=O) groups is 2. The zero-order valence-electron chi connectivity index (χ0n) is 13.6. The van der Waals surface area contributed by atoms with Crippen molar-refractivity contribution in [3.8, 4) is 0 Å². The van der Waals surface area contributed by atoms with E-state index >= 15 is 0 Å². The predicted octanol–water partition coefficient (Wildman–Crippen LogP) is 1.97. The van der Waals surface area contributed by atoms with Gasteiger partial charge in [0.05, 0.1) is 6.54 Å². The highest BCUT2D eigenvalue weighted by Gasteiger charge is 2.26. The van der Waals surface area contributed by atoms with Gasteiger partial charge in [-0.1, -0.05) is 20.8 Å². The molecular formula is C16H30N2O3. The van der Waals surface area contributed by atoms with Crippen LogP contribution in [-0.2, 0) is 9.59 Å². The topological polar surface area (TPSA) is 69.6 Å². The van der Waals surface area contributed by atoms with E-state index in [1.165, 1.54) is 0 Å². The first-order valence-electron chi connectivity index (χ1n) is 8.09. The van der Waals surface area contributed by atoms with Crippen LogP contribution < -0.4 is 5.32 Å². The maximum absolute atomic E-state index is 11.9. The van der Waals surface area contributed by atoms with E-state index in [0.717, 1.165) is 38.9 Å². The van der Waals surface area contributed by atoms with Crippen LogP contribution in [0.1, 0.15) is 46.5 Å². The van der Waals surface area contributed by atoms with Crippen molar-refractivity contribution < 1.29 is 14.7 Å². The standard InChI is InChI=1S/C16H30N2O3/c1-12(2)6-7-17-15(19)11-18-8-4-5-14(10-18)13(3)9-16(20)21/h12-14H,4-11H2,1-3H3,(H,17,19)(H,20,21). The number of amides is 1. The first kappa shape index (κ1) is 18.0. The Bertz CT molecular complexity index is 344. The van der Waals surface area contributed by atoms with E-state index in [1.54, 1.807) is 0 Å². The number of nitrogens with one attached hydrogen (secondary N) is 1. The van der Waals surface area contributed by atoms with E-state index < -0.39 is 5.97 Å². The molecule has 2 N–H and O–H groups in total. The molecule has 1 aliphatic rings. The number of piperidine rings is 1. The fourth-order valence-corrected chi connectivity index (χ4v) is 2.90. The van der Waals surface area contributed by atoms with Gasteiger partial charge in [0.25, 0.3) is 0 Å². The number of rotatable bonds is 8. The zero-order chi connectivity index (χ0) is 15.8. The minimum atomic E-state index is -0.731. The van der Waals surface area contributed by atoms with Crippen molar-refractivity contribution in [2.75, 3.05) is 26.2 Å². The van der Waals surface area contributed by atoms with Gasteiger partial charge in [0.2, 0.25) is 5.91 Å². The number of carbonyl (C=O) groups excluding carboxylic acids is 1. The molecule has 122 valence electrons. The van der Waals surface area contributed by atoms with E-state index in [1.807, 2.05) is 6.92 Å². The van der Waals surface area contributed by atoms with Crippen LogP contribution in [0.15, 0.2) is 0 Å². The van der Waals surface area contributed by atoms with Crippen LogP contribution in [0.4, 0.5) is 0 Å². The molecule has 0 spiro atoms. The van der Waals surface area contributed by atoms with Gasteiger partial charge in [-0.2, -0.15) is 0 Å². The Morgan fingerprint density at radius 3 is 2.67 bits per heavy atom. The molecule has 1 heterocycles. The number of nitrogens with zero attached hydrogens (tertiary/aromatic N) is 1. The predicted molar refractivity (Wildman–Crippen MR) is 83.0 cm³/mol. The van der Waals surface area contributed by atoms with Gasteiger partial charge in [-0.3, -0.25) is 14.5 Å². The summed E-state index contributed by atoms with van der Waals surface area (Å²) in [4.78, 5) is 24.9. The Kier molecular flexibility index (Phi) is 7.72. The van der Waals surface area contributed by atoms with E-state index in [-0.39, 0.29) is 18.2 Å². The van der Waals surface area contributed by atoms with Crippen molar-refractivity contribution >= 4 is 11.9 Å². The van der Waals surface area contributed by atoms with Crippen LogP contribution in [0.3, 0.4) is 0 Å². The Labute approximate surface area is 128 Å². The molecule has 5 heteroatoms. The van der Waals surface area contributed by atoms with Gasteiger partial charge in [0, 0.05) is 19.5 Å². The quantitative estimate of drug-likeness (QED) is 0.719. The van der Waals surface area contributed by atoms with Gasteiger partial charge in [0.15, 0.2) is 0 Å². The Morgan fingerprint density at radius 2 is 2.05 bits per heavy atom. The molecule has 21 heavy (non-hydrogen) atoms. The fourth-order valence-electron chi connectivity index (χ4n) is 2.90. The first-order chi connectivity index (χ1) is 9.88. The number of hydrogen-bond acceptors (Lipinski definition) is 3. The second kappa shape index (κ2) is 9.03. The van der Waals surface area contributed by atoms with Crippen LogP contribution in [0.25, 0.3) is 0 Å². The van der Waals surface area contributed by atoms with Gasteiger partial charge in [-0.25, -0.2) is 0 Å². The molecule has 0 radical (unpaired) electrons. The number of carboxylic acid groups (broad SMARTS) is 1. The summed E-state index contributed by atoms with van der Waals surface area (Å²) in [6.07, 6.45) is 3.34. The lowest BCUT2D eigenvalue weighted by atomic mass is 9.84. The van der Waals surface area contributed by atoms with Crippen LogP contribution in [0, 0.1) is 17.8 Å². The largest absolute Gasteiger partial charge is 0.481 e. The number of carboxylic acids is 1. The van der Waals surface area contributed by atoms with E-state index in [2.05, 4.69) is 24.1 Å². The van der Waals surface area contributed by atoms with Gasteiger partial charge in [-0.05, 0) is 43.6 Å². The van der Waals surface area contributed by atoms with E-state index in [0.29, 0.717) is 18.4 Å². The third kappa shape index (κ3) is 7.46. The average molecular weight is 298 g/mol. The van der Waals surface area contributed by atoms with Crippen LogP contribution in [-0.4, -0.2) is 48.1 Å². The summed E-state index contributed by atoms with van der Waals surface area (Å²) in [6, 6.07) is 0. The van der Waals surface area contributed by atoms with Crippen molar-refractivity contribution in [2.45, 2.75) is 46.5 Å². The summed E-state index contributed by atoms with van der Waals surface area (Å²) in [5.74, 6) is 0.516. The molecule has 0 aromatic heterocycles. The summed E-state index contributed by atoms with van der Waals surface area (Å²) in [5, 5.41) is 11.9. The number of hydrogen-bond donors (Lipinski definition) is 2. The molecule has 2 atom stereocenters. The lowest BCUT2D eigenvalue weighted by Crippen LogP contribution is -2.44. The molecule has 1 amide bonds. The summed E-state index contributed by atoms with van der Waals surface area (Å²) >= 11 is 0. The third-order valence-corrected chi connectivity index (χ3v) is 4.25. The molecule has 0 bridgehead atoms. The molecule has 0 aromatic carbocycles. The van der Waals surface area contributed by atoms with Gasteiger partial charge in [-0.15, -0.1) is 0 Å². The minimum absolute atomic E-state index is 0.0854. The van der Waals surface area contributed by atoms with Crippen LogP contribution in [0.5, 0.6) is 0 Å². The summed E-state index contributed by atoms with van der Waals surface area (Å²) in [6.45, 7) is 9.25. The molecule has 5 nitrogen and oxygen atoms in total. The Morgan fingerprint density at radius 1 is 1.33 bits per heavy atom. The molecule has 1 fully saturated rings. The van der Waals surface area contributed by atoms with E-state index in [9.17, 15) is 9.59 Å². The van der Waals surface area contributed by atoms with Crippen molar-refractivity contribution in [1.29, 1.82) is 0 Å². The summed E-state index contributed by atoms with van der Waals surface area (Å²) < 4.78 is 0. The SMILES string of the molecule is CC(C)CCNC(=O)CN1CCCC(C(C)CC(=O)O)C1. The van der Waals surface area contributed by atoms with E-state index in [4.69, 9.17) is 5.11 Å². The zero-order valence-corrected chi connectivity index (χ0v) is 13.6. The smallest absolute Gasteiger partial charge is 0.303 e. The van der Waals surface area contributed by atoms with Crippen LogP contribution in [0.2, 0.25) is 0 Å². The van der Waals surface area contributed by atoms with Crippen molar-refractivity contribution in [3.05, 3.63) is 0 Å². The summed E-state index contributed by atoms with van der Waals surface area (Å²) in [7, 11) is 0. The lowest BCUT2D eigenvalue weighted by Gasteiger charge is -2.35. The van der Waals surface area contributed by atoms with Crippen molar-refractivity contribution in [3.63, 3.8) is 0 Å². The number of aliphatic carboxylic acids is 1. The second-order valence-corrected chi connectivity index (χ2v) is 6.75.